The zero-order chi connectivity index (χ0) is 19.2. The monoisotopic (exact) mass is 417 g/mol. The third-order valence-electron chi connectivity index (χ3n) is 4.97. The van der Waals surface area contributed by atoms with Gasteiger partial charge in [-0.15, -0.1) is 12.4 Å². The molecule has 1 saturated heterocycles. The lowest BCUT2D eigenvalue weighted by molar-refractivity contribution is -0.127. The number of amides is 2. The van der Waals surface area contributed by atoms with E-state index in [0.29, 0.717) is 24.8 Å². The summed E-state index contributed by atoms with van der Waals surface area (Å²) >= 11 is 6.00. The molecule has 8 heteroatoms. The summed E-state index contributed by atoms with van der Waals surface area (Å²) in [6.45, 7) is 5.45. The van der Waals surface area contributed by atoms with E-state index in [1.165, 1.54) is 0 Å². The van der Waals surface area contributed by atoms with Gasteiger partial charge in [0.1, 0.15) is 0 Å². The van der Waals surface area contributed by atoms with E-state index in [4.69, 9.17) is 22.1 Å². The summed E-state index contributed by atoms with van der Waals surface area (Å²) in [6.07, 6.45) is 1.64. The van der Waals surface area contributed by atoms with Crippen molar-refractivity contribution in [1.29, 1.82) is 0 Å². The van der Waals surface area contributed by atoms with Crippen LogP contribution < -0.4 is 16.4 Å². The highest BCUT2D eigenvalue weighted by Gasteiger charge is 2.34. The van der Waals surface area contributed by atoms with Gasteiger partial charge in [0.25, 0.3) is 0 Å². The SMILES string of the molecule is CC(C)[C@H](N)C(=O)NCC(=O)NCC1(c2ccc(Cl)cc2)CCOCC1.Cl. The quantitative estimate of drug-likeness (QED) is 0.632. The molecule has 0 radical (unpaired) electrons. The Morgan fingerprint density at radius 3 is 2.33 bits per heavy atom. The van der Waals surface area contributed by atoms with Crippen molar-refractivity contribution >= 4 is 35.8 Å². The van der Waals surface area contributed by atoms with E-state index in [1.807, 2.05) is 38.1 Å². The van der Waals surface area contributed by atoms with Crippen LogP contribution in [0.1, 0.15) is 32.3 Å². The van der Waals surface area contributed by atoms with Crippen LogP contribution in [-0.4, -0.2) is 44.2 Å². The topological polar surface area (TPSA) is 93.5 Å². The number of benzene rings is 1. The number of carbonyl (C=O) groups excluding carboxylic acids is 2. The van der Waals surface area contributed by atoms with Crippen LogP contribution in [0.3, 0.4) is 0 Å². The van der Waals surface area contributed by atoms with Crippen molar-refractivity contribution in [1.82, 2.24) is 10.6 Å². The van der Waals surface area contributed by atoms with Gasteiger partial charge >= 0.3 is 0 Å². The highest BCUT2D eigenvalue weighted by molar-refractivity contribution is 6.30. The normalized spacial score (nSPS) is 16.9. The van der Waals surface area contributed by atoms with E-state index in [2.05, 4.69) is 10.6 Å². The molecule has 1 atom stereocenters. The zero-order valence-electron chi connectivity index (χ0n) is 15.8. The Morgan fingerprint density at radius 1 is 1.19 bits per heavy atom. The number of nitrogens with two attached hydrogens (primary N) is 1. The van der Waals surface area contributed by atoms with Crippen molar-refractivity contribution in [2.45, 2.75) is 38.1 Å². The maximum atomic E-state index is 12.2. The smallest absolute Gasteiger partial charge is 0.239 e. The first kappa shape index (κ1) is 23.7. The average molecular weight is 418 g/mol. The van der Waals surface area contributed by atoms with Gasteiger partial charge in [-0.25, -0.2) is 0 Å². The minimum absolute atomic E-state index is 0. The Labute approximate surface area is 172 Å². The Morgan fingerprint density at radius 2 is 1.78 bits per heavy atom. The van der Waals surface area contributed by atoms with Crippen LogP contribution in [0.4, 0.5) is 0 Å². The summed E-state index contributed by atoms with van der Waals surface area (Å²) in [7, 11) is 0. The van der Waals surface area contributed by atoms with E-state index >= 15 is 0 Å². The molecule has 0 spiro atoms. The summed E-state index contributed by atoms with van der Waals surface area (Å²) in [5.74, 6) is -0.517. The Bertz CT molecular complexity index is 617. The van der Waals surface area contributed by atoms with Gasteiger partial charge in [0.2, 0.25) is 11.8 Å². The number of halogens is 2. The molecule has 152 valence electrons. The van der Waals surface area contributed by atoms with Crippen LogP contribution >= 0.6 is 24.0 Å². The molecule has 0 aliphatic carbocycles. The van der Waals surface area contributed by atoms with Crippen LogP contribution in [0, 0.1) is 5.92 Å². The lowest BCUT2D eigenvalue weighted by atomic mass is 9.74. The Kier molecular flexibility index (Phi) is 9.53. The lowest BCUT2D eigenvalue weighted by Crippen LogP contribution is -2.49. The predicted molar refractivity (Wildman–Crippen MR) is 109 cm³/mol. The number of nitrogens with one attached hydrogen (secondary N) is 2. The predicted octanol–water partition coefficient (Wildman–Crippen LogP) is 2.03. The molecule has 2 rings (SSSR count). The highest BCUT2D eigenvalue weighted by atomic mass is 35.5. The van der Waals surface area contributed by atoms with Gasteiger partial charge in [-0.1, -0.05) is 37.6 Å². The summed E-state index contributed by atoms with van der Waals surface area (Å²) < 4.78 is 5.49. The van der Waals surface area contributed by atoms with E-state index in [1.54, 1.807) is 0 Å². The fourth-order valence-electron chi connectivity index (χ4n) is 3.05. The molecule has 1 fully saturated rings. The van der Waals surface area contributed by atoms with Gasteiger partial charge in [-0.05, 0) is 36.5 Å². The number of ether oxygens (including phenoxy) is 1. The summed E-state index contributed by atoms with van der Waals surface area (Å²) in [5, 5.41) is 6.22. The second-order valence-electron chi connectivity index (χ2n) is 7.16. The molecule has 1 aromatic rings. The van der Waals surface area contributed by atoms with Crippen molar-refractivity contribution < 1.29 is 14.3 Å². The molecular weight excluding hydrogens is 389 g/mol. The van der Waals surface area contributed by atoms with Crippen LogP contribution in [0.15, 0.2) is 24.3 Å². The first-order valence-corrected chi connectivity index (χ1v) is 9.36. The van der Waals surface area contributed by atoms with E-state index < -0.39 is 6.04 Å². The van der Waals surface area contributed by atoms with Crippen molar-refractivity contribution in [3.8, 4) is 0 Å². The molecule has 27 heavy (non-hydrogen) atoms. The van der Waals surface area contributed by atoms with Gasteiger partial charge in [0.15, 0.2) is 0 Å². The second-order valence-corrected chi connectivity index (χ2v) is 7.60. The van der Waals surface area contributed by atoms with Crippen molar-refractivity contribution in [3.05, 3.63) is 34.9 Å². The number of hydrogen-bond donors (Lipinski definition) is 3. The molecule has 1 heterocycles. The van der Waals surface area contributed by atoms with Crippen LogP contribution in [-0.2, 0) is 19.7 Å². The van der Waals surface area contributed by atoms with Gasteiger partial charge in [0.05, 0.1) is 12.6 Å². The van der Waals surface area contributed by atoms with Crippen LogP contribution in [0.2, 0.25) is 5.02 Å². The van der Waals surface area contributed by atoms with E-state index in [-0.39, 0.29) is 42.1 Å². The fraction of sp³-hybridized carbons (Fsp3) is 0.579. The molecule has 0 saturated carbocycles. The highest BCUT2D eigenvalue weighted by Crippen LogP contribution is 2.34. The van der Waals surface area contributed by atoms with Gasteiger partial charge in [-0.3, -0.25) is 9.59 Å². The molecule has 6 nitrogen and oxygen atoms in total. The Balaban J connectivity index is 0.00000364. The number of carbonyl (C=O) groups is 2. The van der Waals surface area contributed by atoms with Crippen molar-refractivity contribution in [2.75, 3.05) is 26.3 Å². The van der Waals surface area contributed by atoms with Crippen molar-refractivity contribution in [3.63, 3.8) is 0 Å². The molecule has 1 aromatic carbocycles. The number of hydrogen-bond acceptors (Lipinski definition) is 4. The maximum absolute atomic E-state index is 12.2. The molecular formula is C19H29Cl2N3O3. The number of rotatable bonds is 7. The molecule has 2 amide bonds. The third-order valence-corrected chi connectivity index (χ3v) is 5.23. The molecule has 1 aliphatic rings. The van der Waals surface area contributed by atoms with Crippen LogP contribution in [0.5, 0.6) is 0 Å². The van der Waals surface area contributed by atoms with E-state index in [0.717, 1.165) is 18.4 Å². The molecule has 0 bridgehead atoms. The maximum Gasteiger partial charge on any atom is 0.239 e. The fourth-order valence-corrected chi connectivity index (χ4v) is 3.18. The van der Waals surface area contributed by atoms with Gasteiger partial charge in [0, 0.05) is 30.2 Å². The molecule has 1 aliphatic heterocycles. The first-order valence-electron chi connectivity index (χ1n) is 8.98. The molecule has 4 N–H and O–H groups in total. The largest absolute Gasteiger partial charge is 0.381 e. The first-order chi connectivity index (χ1) is 12.3. The standard InChI is InChI=1S/C19H28ClN3O3.ClH/c1-13(2)17(21)18(25)22-11-16(24)23-12-19(7-9-26-10-8-19)14-3-5-15(20)6-4-14;/h3-6,13,17H,7-12,21H2,1-2H3,(H,22,25)(H,23,24);1H/t17-;/m0./s1. The lowest BCUT2D eigenvalue weighted by Gasteiger charge is -2.38. The summed E-state index contributed by atoms with van der Waals surface area (Å²) in [4.78, 5) is 24.1. The van der Waals surface area contributed by atoms with Crippen molar-refractivity contribution in [2.24, 2.45) is 11.7 Å². The molecule has 0 unspecified atom stereocenters. The van der Waals surface area contributed by atoms with E-state index in [9.17, 15) is 9.59 Å². The summed E-state index contributed by atoms with van der Waals surface area (Å²) in [6, 6.07) is 7.12. The minimum atomic E-state index is -0.612. The van der Waals surface area contributed by atoms with Gasteiger partial charge < -0.3 is 21.1 Å². The average Bonchev–Trinajstić information content (AvgIpc) is 2.65. The summed E-state index contributed by atoms with van der Waals surface area (Å²) in [5.41, 5.74) is 6.73. The van der Waals surface area contributed by atoms with Gasteiger partial charge in [-0.2, -0.15) is 0 Å². The Hall–Kier alpha value is -1.34. The minimum Gasteiger partial charge on any atom is -0.381 e. The second kappa shape index (κ2) is 10.9. The zero-order valence-corrected chi connectivity index (χ0v) is 17.4. The molecule has 0 aromatic heterocycles. The third kappa shape index (κ3) is 6.64. The van der Waals surface area contributed by atoms with Crippen LogP contribution in [0.25, 0.3) is 0 Å².